The van der Waals surface area contributed by atoms with Crippen molar-refractivity contribution >= 4 is 35.5 Å². The summed E-state index contributed by atoms with van der Waals surface area (Å²) in [6, 6.07) is 34.1. The van der Waals surface area contributed by atoms with Crippen LogP contribution in [0.5, 0.6) is 0 Å². The summed E-state index contributed by atoms with van der Waals surface area (Å²) in [6.45, 7) is 9.00. The summed E-state index contributed by atoms with van der Waals surface area (Å²) in [7, 11) is -2.72. The molecule has 1 N–H and O–H groups in total. The van der Waals surface area contributed by atoms with Crippen molar-refractivity contribution < 1.29 is 14.3 Å². The number of rotatable bonds is 6. The molecule has 4 aromatic carbocycles. The van der Waals surface area contributed by atoms with Gasteiger partial charge in [-0.05, 0) is 44.2 Å². The Morgan fingerprint density at radius 3 is 2.05 bits per heavy atom. The maximum Gasteiger partial charge on any atom is 0.261 e. The number of ether oxygens (including phenoxy) is 1. The van der Waals surface area contributed by atoms with E-state index in [1.807, 2.05) is 0 Å². The highest BCUT2D eigenvalue weighted by atomic mass is 28.4. The molecule has 1 fully saturated rings. The second-order valence-electron chi connectivity index (χ2n) is 11.4. The maximum atomic E-state index is 10.8. The predicted octanol–water partition coefficient (Wildman–Crippen LogP) is 6.60. The first-order valence-electron chi connectivity index (χ1n) is 13.6. The van der Waals surface area contributed by atoms with E-state index in [4.69, 9.17) is 9.16 Å². The summed E-state index contributed by atoms with van der Waals surface area (Å²) in [5.74, 6) is 0. The first-order valence-corrected chi connectivity index (χ1v) is 15.5. The molecule has 0 spiro atoms. The van der Waals surface area contributed by atoms with Crippen LogP contribution in [0.4, 0.5) is 0 Å². The van der Waals surface area contributed by atoms with Crippen molar-refractivity contribution in [2.75, 3.05) is 0 Å². The third kappa shape index (κ3) is 5.27. The molecule has 38 heavy (non-hydrogen) atoms. The van der Waals surface area contributed by atoms with Gasteiger partial charge in [-0.1, -0.05) is 130 Å². The molecule has 0 radical (unpaired) electrons. The molecule has 1 heterocycles. The quantitative estimate of drug-likeness (QED) is 0.290. The Labute approximate surface area is 227 Å². The topological polar surface area (TPSA) is 38.7 Å². The summed E-state index contributed by atoms with van der Waals surface area (Å²) in [5, 5.41) is 15.6. The van der Waals surface area contributed by atoms with Crippen LogP contribution in [0.2, 0.25) is 5.04 Å². The van der Waals surface area contributed by atoms with Gasteiger partial charge in [0.1, 0.15) is 0 Å². The molecule has 0 aliphatic carbocycles. The molecular weight excluding hydrogens is 484 g/mol. The number of aryl methyl sites for hydroxylation is 1. The van der Waals surface area contributed by atoms with Gasteiger partial charge in [-0.2, -0.15) is 0 Å². The Morgan fingerprint density at radius 1 is 0.816 bits per heavy atom. The van der Waals surface area contributed by atoms with E-state index >= 15 is 0 Å². The van der Waals surface area contributed by atoms with Gasteiger partial charge in [0.15, 0.2) is 6.29 Å². The van der Waals surface area contributed by atoms with Crippen LogP contribution in [0.3, 0.4) is 0 Å². The molecule has 5 rings (SSSR count). The van der Waals surface area contributed by atoms with E-state index in [1.54, 1.807) is 0 Å². The second-order valence-corrected chi connectivity index (χ2v) is 15.6. The van der Waals surface area contributed by atoms with Crippen LogP contribution < -0.4 is 10.4 Å². The summed E-state index contributed by atoms with van der Waals surface area (Å²) < 4.78 is 13.3. The van der Waals surface area contributed by atoms with Crippen LogP contribution in [-0.4, -0.2) is 31.9 Å². The lowest BCUT2D eigenvalue weighted by molar-refractivity contribution is -0.172. The standard InChI is InChI=1S/C34H38O3Si/c1-25-19-20-26-13-11-12-18-32(26)31(25)22-21-27-23-28(24-33(35)36-27)37-38(34(2,3)4,29-14-7-5-8-15-29)30-16-9-6-10-17-30/h5-22,27-28,33,35H,23-24H2,1-4H3/t27-,28-,33?/m0/s1. The lowest BCUT2D eigenvalue weighted by Gasteiger charge is -2.46. The number of aliphatic hydroxyl groups is 1. The van der Waals surface area contributed by atoms with E-state index in [9.17, 15) is 5.11 Å². The van der Waals surface area contributed by atoms with Gasteiger partial charge in [0, 0.05) is 12.8 Å². The first kappa shape index (κ1) is 26.6. The van der Waals surface area contributed by atoms with Gasteiger partial charge in [-0.15, -0.1) is 0 Å². The van der Waals surface area contributed by atoms with E-state index in [-0.39, 0.29) is 17.2 Å². The molecule has 4 aromatic rings. The van der Waals surface area contributed by atoms with Gasteiger partial charge >= 0.3 is 0 Å². The molecule has 1 unspecified atom stereocenters. The number of hydrogen-bond acceptors (Lipinski definition) is 3. The van der Waals surface area contributed by atoms with Gasteiger partial charge < -0.3 is 14.3 Å². The highest BCUT2D eigenvalue weighted by Gasteiger charge is 2.52. The lowest BCUT2D eigenvalue weighted by atomic mass is 9.98. The van der Waals surface area contributed by atoms with E-state index in [0.717, 1.165) is 0 Å². The Morgan fingerprint density at radius 2 is 1.42 bits per heavy atom. The summed E-state index contributed by atoms with van der Waals surface area (Å²) >= 11 is 0. The normalized spacial score (nSPS) is 20.7. The van der Waals surface area contributed by atoms with Crippen molar-refractivity contribution in [2.24, 2.45) is 0 Å². The zero-order valence-electron chi connectivity index (χ0n) is 22.8. The molecule has 1 saturated heterocycles. The molecule has 3 atom stereocenters. The van der Waals surface area contributed by atoms with Crippen molar-refractivity contribution in [3.63, 3.8) is 0 Å². The third-order valence-corrected chi connectivity index (χ3v) is 12.8. The van der Waals surface area contributed by atoms with E-state index in [2.05, 4.69) is 137 Å². The van der Waals surface area contributed by atoms with E-state index < -0.39 is 14.6 Å². The fraction of sp³-hybridized carbons (Fsp3) is 0.294. The van der Waals surface area contributed by atoms with Crippen LogP contribution in [-0.2, 0) is 9.16 Å². The van der Waals surface area contributed by atoms with Gasteiger partial charge in [-0.25, -0.2) is 0 Å². The Kier molecular flexibility index (Phi) is 7.69. The van der Waals surface area contributed by atoms with Crippen LogP contribution in [0.15, 0.2) is 103 Å². The van der Waals surface area contributed by atoms with Crippen molar-refractivity contribution in [1.29, 1.82) is 0 Å². The minimum atomic E-state index is -2.72. The average molecular weight is 523 g/mol. The molecule has 0 saturated carbocycles. The van der Waals surface area contributed by atoms with Crippen LogP contribution in [0.1, 0.15) is 44.7 Å². The van der Waals surface area contributed by atoms with Gasteiger partial charge in [0.05, 0.1) is 12.2 Å². The largest absolute Gasteiger partial charge is 0.404 e. The fourth-order valence-electron chi connectivity index (χ4n) is 5.88. The Balaban J connectivity index is 1.48. The molecule has 3 nitrogen and oxygen atoms in total. The lowest BCUT2D eigenvalue weighted by Crippen LogP contribution is -2.68. The van der Waals surface area contributed by atoms with Crippen LogP contribution in [0, 0.1) is 6.92 Å². The number of aliphatic hydroxyl groups excluding tert-OH is 1. The van der Waals surface area contributed by atoms with Crippen molar-refractivity contribution in [3.05, 3.63) is 114 Å². The van der Waals surface area contributed by atoms with E-state index in [0.29, 0.717) is 12.8 Å². The van der Waals surface area contributed by atoms with Crippen LogP contribution in [0.25, 0.3) is 16.8 Å². The molecule has 4 heteroatoms. The highest BCUT2D eigenvalue weighted by Crippen LogP contribution is 2.39. The molecule has 196 valence electrons. The zero-order valence-corrected chi connectivity index (χ0v) is 23.8. The third-order valence-electron chi connectivity index (χ3n) is 7.72. The minimum absolute atomic E-state index is 0.121. The van der Waals surface area contributed by atoms with Gasteiger partial charge in [-0.3, -0.25) is 0 Å². The molecule has 1 aliphatic heterocycles. The average Bonchev–Trinajstić information content (AvgIpc) is 2.91. The number of benzene rings is 4. The Bertz CT molecular complexity index is 1350. The number of fused-ring (bicyclic) bond motifs is 1. The second kappa shape index (κ2) is 11.0. The Hall–Kier alpha value is -3.02. The first-order chi connectivity index (χ1) is 18.3. The minimum Gasteiger partial charge on any atom is -0.404 e. The molecular formula is C34H38O3Si. The van der Waals surface area contributed by atoms with Crippen LogP contribution >= 0.6 is 0 Å². The smallest absolute Gasteiger partial charge is 0.261 e. The molecule has 1 aliphatic rings. The fourth-order valence-corrected chi connectivity index (χ4v) is 10.6. The molecule has 0 amide bonds. The van der Waals surface area contributed by atoms with Gasteiger partial charge in [0.2, 0.25) is 0 Å². The zero-order chi connectivity index (χ0) is 26.8. The number of hydrogen-bond donors (Lipinski definition) is 1. The molecule has 0 bridgehead atoms. The summed E-state index contributed by atoms with van der Waals surface area (Å²) in [4.78, 5) is 0. The monoisotopic (exact) mass is 522 g/mol. The van der Waals surface area contributed by atoms with Crippen molar-refractivity contribution in [3.8, 4) is 0 Å². The predicted molar refractivity (Wildman–Crippen MR) is 160 cm³/mol. The van der Waals surface area contributed by atoms with Crippen molar-refractivity contribution in [1.82, 2.24) is 0 Å². The SMILES string of the molecule is Cc1ccc2ccccc2c1C=C[C@H]1C[C@H](O[Si](c2ccccc2)(c2ccccc2)C(C)(C)C)CC(O)O1. The summed E-state index contributed by atoms with van der Waals surface area (Å²) in [5.41, 5.74) is 2.41. The van der Waals surface area contributed by atoms with Crippen molar-refractivity contribution in [2.45, 2.75) is 64.1 Å². The maximum absolute atomic E-state index is 10.8. The highest BCUT2D eigenvalue weighted by molar-refractivity contribution is 6.99. The molecule has 0 aromatic heterocycles. The van der Waals surface area contributed by atoms with E-state index in [1.165, 1.54) is 32.3 Å². The summed E-state index contributed by atoms with van der Waals surface area (Å²) in [6.07, 6.45) is 4.17. The van der Waals surface area contributed by atoms with Gasteiger partial charge in [0.25, 0.3) is 8.32 Å².